The van der Waals surface area contributed by atoms with Crippen molar-refractivity contribution in [2.75, 3.05) is 24.2 Å². The normalized spacial score (nSPS) is 16.5. The van der Waals surface area contributed by atoms with Crippen LogP contribution in [0, 0.1) is 0 Å². The fourth-order valence-corrected chi connectivity index (χ4v) is 5.16. The molecule has 0 bridgehead atoms. The summed E-state index contributed by atoms with van der Waals surface area (Å²) in [6.45, 7) is 6.64. The van der Waals surface area contributed by atoms with Gasteiger partial charge in [-0.1, -0.05) is 17.8 Å². The minimum absolute atomic E-state index is 0.0392. The van der Waals surface area contributed by atoms with E-state index < -0.39 is 5.60 Å². The van der Waals surface area contributed by atoms with E-state index >= 15 is 0 Å². The Morgan fingerprint density at radius 1 is 1.19 bits per heavy atom. The summed E-state index contributed by atoms with van der Waals surface area (Å²) in [4.78, 5) is 42.6. The Morgan fingerprint density at radius 2 is 1.95 bits per heavy atom. The van der Waals surface area contributed by atoms with Gasteiger partial charge in [0.05, 0.1) is 17.4 Å². The van der Waals surface area contributed by atoms with Crippen molar-refractivity contribution in [2.24, 2.45) is 7.05 Å². The van der Waals surface area contributed by atoms with E-state index in [2.05, 4.69) is 15.9 Å². The number of carbonyl (C=O) groups is 1. The quantitative estimate of drug-likeness (QED) is 0.283. The summed E-state index contributed by atoms with van der Waals surface area (Å²) in [5.41, 5.74) is 4.25. The zero-order chi connectivity index (χ0) is 26.3. The number of rotatable bonds is 3. The number of amides is 1. The molecule has 0 unspecified atom stereocenters. The monoisotopic (exact) mass is 518 g/mol. The van der Waals surface area contributed by atoms with Crippen LogP contribution in [0.1, 0.15) is 44.7 Å². The van der Waals surface area contributed by atoms with Gasteiger partial charge in [-0.15, -0.1) is 0 Å². The first kappa shape index (κ1) is 25.0. The van der Waals surface area contributed by atoms with E-state index in [1.807, 2.05) is 67.8 Å². The van der Waals surface area contributed by atoms with Crippen molar-refractivity contribution < 1.29 is 14.3 Å². The summed E-state index contributed by atoms with van der Waals surface area (Å²) in [5, 5.41) is 0.633. The third-order valence-electron chi connectivity index (χ3n) is 6.59. The smallest absolute Gasteiger partial charge is 0.410 e. The van der Waals surface area contributed by atoms with Gasteiger partial charge < -0.3 is 19.1 Å². The molecule has 2 aromatic heterocycles. The van der Waals surface area contributed by atoms with Crippen molar-refractivity contribution in [2.45, 2.75) is 50.4 Å². The van der Waals surface area contributed by atoms with E-state index in [0.29, 0.717) is 42.6 Å². The summed E-state index contributed by atoms with van der Waals surface area (Å²) in [6, 6.07) is 5.93. The van der Waals surface area contributed by atoms with E-state index in [9.17, 15) is 9.59 Å². The largest absolute Gasteiger partial charge is 0.444 e. The number of fused-ring (bicyclic) bond motifs is 2. The maximum atomic E-state index is 12.6. The Bertz CT molecular complexity index is 1440. The Balaban J connectivity index is 1.52. The van der Waals surface area contributed by atoms with Gasteiger partial charge in [0.25, 0.3) is 0 Å². The van der Waals surface area contributed by atoms with Crippen molar-refractivity contribution in [1.29, 1.82) is 0 Å². The molecule has 5 rings (SSSR count). The number of allylic oxidation sites excluding steroid dienone is 1. The lowest BCUT2D eigenvalue weighted by Gasteiger charge is -2.41. The molecule has 2 aliphatic rings. The number of nitrogens with zero attached hydrogens (tertiary/aromatic N) is 6. The molecule has 0 spiro atoms. The van der Waals surface area contributed by atoms with Crippen molar-refractivity contribution >= 4 is 52.3 Å². The molecule has 192 valence electrons. The van der Waals surface area contributed by atoms with E-state index in [4.69, 9.17) is 9.72 Å². The molecule has 1 amide bonds. The number of anilines is 1. The molecule has 9 nitrogen and oxygen atoms in total. The standard InChI is InChI=1S/C27H30N6O3S/c1-27(2,3)36-26(35)32-10-8-19(9-11-32)33-23(15-34)20(12-18-14-28-25(37-5)30-24(18)33)17-6-7-21-22(13-17)31(4)16-29-21/h6-7,12-14,16,19H,8-11H2,1-5H3. The fraction of sp³-hybridized carbons (Fsp3) is 0.407. The molecule has 1 aromatic carbocycles. The third kappa shape index (κ3) is 4.86. The lowest BCUT2D eigenvalue weighted by molar-refractivity contribution is 0.0206. The Kier molecular flexibility index (Phi) is 6.56. The van der Waals surface area contributed by atoms with E-state index in [1.165, 1.54) is 11.8 Å². The number of imidazole rings is 1. The summed E-state index contributed by atoms with van der Waals surface area (Å²) in [7, 11) is 1.95. The molecule has 4 heterocycles. The number of thioether (sulfide) groups is 1. The van der Waals surface area contributed by atoms with Crippen LogP contribution < -0.4 is 4.90 Å². The van der Waals surface area contributed by atoms with Gasteiger partial charge >= 0.3 is 6.09 Å². The molecule has 1 fully saturated rings. The second-order valence-electron chi connectivity index (χ2n) is 10.3. The van der Waals surface area contributed by atoms with Gasteiger partial charge in [-0.2, -0.15) is 0 Å². The highest BCUT2D eigenvalue weighted by atomic mass is 32.2. The van der Waals surface area contributed by atoms with Crippen LogP contribution in [0.4, 0.5) is 10.6 Å². The predicted octanol–water partition coefficient (Wildman–Crippen LogP) is 4.56. The fourth-order valence-electron chi connectivity index (χ4n) is 4.83. The van der Waals surface area contributed by atoms with Crippen LogP contribution in [0.2, 0.25) is 0 Å². The highest BCUT2D eigenvalue weighted by Crippen LogP contribution is 2.41. The van der Waals surface area contributed by atoms with Crippen LogP contribution in [0.25, 0.3) is 22.7 Å². The molecule has 0 atom stereocenters. The van der Waals surface area contributed by atoms with Crippen LogP contribution in [-0.2, 0) is 16.6 Å². The summed E-state index contributed by atoms with van der Waals surface area (Å²) < 4.78 is 7.52. The summed E-state index contributed by atoms with van der Waals surface area (Å²) >= 11 is 1.45. The van der Waals surface area contributed by atoms with Gasteiger partial charge in [-0.05, 0) is 63.6 Å². The molecule has 0 radical (unpaired) electrons. The van der Waals surface area contributed by atoms with Gasteiger partial charge in [-0.3, -0.25) is 0 Å². The SMILES string of the molecule is CSc1ncc2c(n1)N(C1CCN(C(=O)OC(C)(C)C)CC1)C(=C=O)C(c1ccc3ncn(C)c3c1)=C2. The molecule has 2 aliphatic heterocycles. The number of aromatic nitrogens is 4. The summed E-state index contributed by atoms with van der Waals surface area (Å²) in [6.07, 6.45) is 8.48. The number of hydrogen-bond acceptors (Lipinski definition) is 8. The summed E-state index contributed by atoms with van der Waals surface area (Å²) in [5.74, 6) is 2.92. The molecule has 0 saturated carbocycles. The molecular formula is C27H30N6O3S. The number of ether oxygens (including phenoxy) is 1. The van der Waals surface area contributed by atoms with Crippen molar-refractivity contribution in [3.8, 4) is 0 Å². The maximum Gasteiger partial charge on any atom is 0.410 e. The minimum atomic E-state index is -0.549. The predicted molar refractivity (Wildman–Crippen MR) is 145 cm³/mol. The Hall–Kier alpha value is -3.62. The van der Waals surface area contributed by atoms with Crippen molar-refractivity contribution in [1.82, 2.24) is 24.4 Å². The number of piperidine rings is 1. The Morgan fingerprint density at radius 3 is 2.62 bits per heavy atom. The Labute approximate surface area is 220 Å². The van der Waals surface area contributed by atoms with E-state index in [1.54, 1.807) is 17.4 Å². The first-order valence-electron chi connectivity index (χ1n) is 12.3. The average Bonchev–Trinajstić information content (AvgIpc) is 3.26. The minimum Gasteiger partial charge on any atom is -0.444 e. The molecule has 0 N–H and O–H groups in total. The molecule has 37 heavy (non-hydrogen) atoms. The van der Waals surface area contributed by atoms with Crippen LogP contribution in [-0.4, -0.2) is 67.4 Å². The van der Waals surface area contributed by atoms with Gasteiger partial charge in [0.2, 0.25) is 0 Å². The van der Waals surface area contributed by atoms with Crippen molar-refractivity contribution in [3.05, 3.63) is 47.5 Å². The van der Waals surface area contributed by atoms with Crippen LogP contribution >= 0.6 is 11.8 Å². The lowest BCUT2D eigenvalue weighted by Crippen LogP contribution is -2.48. The highest BCUT2D eigenvalue weighted by molar-refractivity contribution is 7.98. The first-order valence-corrected chi connectivity index (χ1v) is 13.5. The van der Waals surface area contributed by atoms with Gasteiger partial charge in [0, 0.05) is 43.5 Å². The molecule has 0 aliphatic carbocycles. The van der Waals surface area contributed by atoms with E-state index in [0.717, 1.165) is 27.7 Å². The van der Waals surface area contributed by atoms with E-state index in [-0.39, 0.29) is 12.1 Å². The number of aryl methyl sites for hydroxylation is 1. The average molecular weight is 519 g/mol. The van der Waals surface area contributed by atoms with Gasteiger partial charge in [0.15, 0.2) is 11.1 Å². The molecule has 3 aromatic rings. The number of hydrogen-bond donors (Lipinski definition) is 0. The van der Waals surface area contributed by atoms with Gasteiger partial charge in [0.1, 0.15) is 17.1 Å². The van der Waals surface area contributed by atoms with Crippen LogP contribution in [0.5, 0.6) is 0 Å². The van der Waals surface area contributed by atoms with Gasteiger partial charge in [-0.25, -0.2) is 24.5 Å². The zero-order valence-electron chi connectivity index (χ0n) is 21.7. The topological polar surface area (TPSA) is 93.4 Å². The second-order valence-corrected chi connectivity index (χ2v) is 11.0. The lowest BCUT2D eigenvalue weighted by atomic mass is 9.93. The maximum absolute atomic E-state index is 12.6. The molecule has 1 saturated heterocycles. The van der Waals surface area contributed by atoms with Crippen LogP contribution in [0.3, 0.4) is 0 Å². The number of benzene rings is 1. The highest BCUT2D eigenvalue weighted by Gasteiger charge is 2.36. The third-order valence-corrected chi connectivity index (χ3v) is 7.16. The van der Waals surface area contributed by atoms with Crippen molar-refractivity contribution in [3.63, 3.8) is 0 Å². The molecular weight excluding hydrogens is 488 g/mol. The van der Waals surface area contributed by atoms with Crippen LogP contribution in [0.15, 0.2) is 41.6 Å². The first-order chi connectivity index (χ1) is 17.7. The second kappa shape index (κ2) is 9.68. The molecule has 10 heteroatoms. The zero-order valence-corrected chi connectivity index (χ0v) is 22.5. The number of carbonyl (C=O) groups excluding carboxylic acids is 2. The number of likely N-dealkylation sites (tertiary alicyclic amines) is 1.